The largest absolute Gasteiger partial charge is 5.00 e. The van der Waals surface area contributed by atoms with E-state index < -0.39 is 0 Å². The zero-order valence-electron chi connectivity index (χ0n) is 19.9. The van der Waals surface area contributed by atoms with E-state index >= 15 is 0 Å². The number of nitrogens with zero attached hydrogens (tertiary/aromatic N) is 3. The fraction of sp³-hybridized carbons (Fsp3) is 0.667. The van der Waals surface area contributed by atoms with Crippen LogP contribution < -0.4 is 5.11 Å². The van der Waals surface area contributed by atoms with E-state index in [1.165, 1.54) is 19.2 Å². The number of carbonyl (C=O) groups excluding carboxylic acids is 1. The monoisotopic (exact) mass is 607 g/mol. The van der Waals surface area contributed by atoms with Gasteiger partial charge >= 0.3 is 26.1 Å². The molecule has 0 amide bonds. The Labute approximate surface area is 232 Å². The number of benzene rings is 1. The maximum atomic E-state index is 13.5. The first-order valence-electron chi connectivity index (χ1n) is 11.7. The molecule has 0 aromatic heterocycles. The second-order valence-electron chi connectivity index (χ2n) is 8.79. The summed E-state index contributed by atoms with van der Waals surface area (Å²) in [5.41, 5.74) is 1.00. The molecule has 3 rings (SSSR count). The summed E-state index contributed by atoms with van der Waals surface area (Å²) in [4.78, 5) is 21.3. The van der Waals surface area contributed by atoms with Gasteiger partial charge in [-0.3, -0.25) is 9.69 Å². The van der Waals surface area contributed by atoms with Crippen molar-refractivity contribution in [1.82, 2.24) is 9.80 Å². The van der Waals surface area contributed by atoms with Gasteiger partial charge in [0.2, 0.25) is 0 Å². The molecular formula is C24H33FN3O4S2Tc. The van der Waals surface area contributed by atoms with Crippen LogP contribution in [-0.4, -0.2) is 85.1 Å². The van der Waals surface area contributed by atoms with E-state index in [2.05, 4.69) is 14.8 Å². The Balaban J connectivity index is 0.00000306. The van der Waals surface area contributed by atoms with E-state index in [1.807, 2.05) is 0 Å². The number of halogens is 1. The minimum atomic E-state index is -0.271. The molecule has 194 valence electrons. The summed E-state index contributed by atoms with van der Waals surface area (Å²) in [6.45, 7) is 2.94. The molecule has 2 fully saturated rings. The number of methoxy groups -OCH3 is 1. The summed E-state index contributed by atoms with van der Waals surface area (Å²) >= 11 is 9.99. The molecule has 2 aliphatic rings. The fourth-order valence-corrected chi connectivity index (χ4v) is 5.81. The number of fused-ring (bicyclic) bond motifs is 2. The number of piperidine rings is 1. The van der Waals surface area contributed by atoms with Crippen molar-refractivity contribution in [1.29, 1.82) is 0 Å². The van der Waals surface area contributed by atoms with E-state index in [1.54, 1.807) is 12.1 Å². The van der Waals surface area contributed by atoms with Crippen LogP contribution in [-0.2, 0) is 60.4 Å². The molecule has 4 atom stereocenters. The first-order chi connectivity index (χ1) is 16.0. The van der Waals surface area contributed by atoms with Gasteiger partial charge in [0, 0.05) is 31.1 Å². The number of aliphatic imine (C=N–C) groups is 1. The Bertz CT molecular complexity index is 805. The van der Waals surface area contributed by atoms with Crippen LogP contribution in [0.5, 0.6) is 0 Å². The van der Waals surface area contributed by atoms with Gasteiger partial charge in [-0.15, -0.1) is 0 Å². The van der Waals surface area contributed by atoms with E-state index in [0.717, 1.165) is 44.3 Å². The molecule has 1 aromatic rings. The van der Waals surface area contributed by atoms with Crippen molar-refractivity contribution >= 4 is 37.1 Å². The molecule has 0 aliphatic carbocycles. The van der Waals surface area contributed by atoms with Crippen molar-refractivity contribution in [2.75, 3.05) is 51.3 Å². The van der Waals surface area contributed by atoms with Crippen molar-refractivity contribution in [2.45, 2.75) is 43.7 Å². The van der Waals surface area contributed by atoms with E-state index in [9.17, 15) is 14.3 Å². The quantitative estimate of drug-likeness (QED) is 0.153. The molecule has 2 aliphatic heterocycles. The predicted molar refractivity (Wildman–Crippen MR) is 131 cm³/mol. The van der Waals surface area contributed by atoms with Gasteiger partial charge in [-0.05, 0) is 68.9 Å². The normalized spacial score (nSPS) is 24.1. The Hall–Kier alpha value is -0.681. The van der Waals surface area contributed by atoms with Crippen LogP contribution in [0.2, 0.25) is 0 Å². The third kappa shape index (κ3) is 8.69. The third-order valence-electron chi connectivity index (χ3n) is 6.87. The van der Waals surface area contributed by atoms with E-state index in [-0.39, 0.29) is 67.7 Å². The van der Waals surface area contributed by atoms with Crippen LogP contribution in [0, 0.1) is 11.7 Å². The summed E-state index contributed by atoms with van der Waals surface area (Å²) in [5.74, 6) is 0.176. The number of hydrogen-bond donors (Lipinski definition) is 0. The molecule has 11 heteroatoms. The zero-order valence-corrected chi connectivity index (χ0v) is 23.4. The second kappa shape index (κ2) is 16.2. The first kappa shape index (κ1) is 32.3. The average molecular weight is 609 g/mol. The standard InChI is InChI=1S/C24H36FN3O3S2.O.Tc/c1-31-24(30)23-20(17-3-5-18(25)6-4-17)15-19-7-8-21(23)28(19)11-2-10-27(12-14-33)16-22(29)26-9-13-32;;/h3-6,19-21,23,32-33H,2,7-16H2,1H3,(H,26,29);;/q;-2;+5/p-3/t19?,20-,21+,23-;;/m0../s1. The summed E-state index contributed by atoms with van der Waals surface area (Å²) in [6, 6.07) is 7.03. The van der Waals surface area contributed by atoms with Crippen molar-refractivity contribution < 1.29 is 44.6 Å². The maximum absolute atomic E-state index is 13.5. The van der Waals surface area contributed by atoms with Gasteiger partial charge in [0.05, 0.1) is 13.0 Å². The zero-order chi connectivity index (χ0) is 23.8. The van der Waals surface area contributed by atoms with E-state index in [4.69, 9.17) is 30.0 Å². The Morgan fingerprint density at radius 3 is 2.57 bits per heavy atom. The Morgan fingerprint density at radius 2 is 1.94 bits per heavy atom. The summed E-state index contributed by atoms with van der Waals surface area (Å²) in [5, 5.41) is 12.0. The number of hydrogen-bond acceptors (Lipinski definition) is 8. The SMILES string of the molecule is COC(=O)[C@@H]1[C@H]2CCC(C[C@H]1c1ccc(F)cc1)N2CCCN(CC[S-])CC([O-])=NCC[S-].[O-2].[Tc+5]. The summed E-state index contributed by atoms with van der Waals surface area (Å²) < 4.78 is 18.7. The van der Waals surface area contributed by atoms with E-state index in [0.29, 0.717) is 30.6 Å². The van der Waals surface area contributed by atoms with Crippen molar-refractivity contribution in [3.8, 4) is 0 Å². The van der Waals surface area contributed by atoms with Gasteiger partial charge in [-0.1, -0.05) is 12.1 Å². The minimum absolute atomic E-state index is 0. The van der Waals surface area contributed by atoms with Gasteiger partial charge in [-0.2, -0.15) is 11.5 Å². The van der Waals surface area contributed by atoms with Gasteiger partial charge in [0.25, 0.3) is 0 Å². The molecule has 7 nitrogen and oxygen atoms in total. The fourth-order valence-electron chi connectivity index (χ4n) is 5.46. The van der Waals surface area contributed by atoms with Gasteiger partial charge in [-0.25, -0.2) is 4.39 Å². The predicted octanol–water partition coefficient (Wildman–Crippen LogP) is 1.36. The van der Waals surface area contributed by atoms with Crippen molar-refractivity contribution in [3.05, 3.63) is 35.6 Å². The van der Waals surface area contributed by atoms with Crippen LogP contribution in [0.3, 0.4) is 0 Å². The van der Waals surface area contributed by atoms with Gasteiger partial charge in [0.1, 0.15) is 5.82 Å². The molecule has 35 heavy (non-hydrogen) atoms. The Morgan fingerprint density at radius 1 is 1.23 bits per heavy atom. The summed E-state index contributed by atoms with van der Waals surface area (Å²) in [6.07, 6.45) is 3.74. The second-order valence-corrected chi connectivity index (χ2v) is 9.61. The number of esters is 1. The number of carbonyl (C=O) groups is 1. The minimum Gasteiger partial charge on any atom is -2.00 e. The topological polar surface area (TPSA) is 96.7 Å². The molecule has 0 N–H and O–H groups in total. The van der Waals surface area contributed by atoms with Crippen LogP contribution in [0.15, 0.2) is 29.3 Å². The third-order valence-corrected chi connectivity index (χ3v) is 7.24. The molecule has 0 spiro atoms. The van der Waals surface area contributed by atoms with Crippen LogP contribution in [0.1, 0.15) is 37.2 Å². The molecule has 2 bridgehead atoms. The molecule has 0 radical (unpaired) electrons. The maximum Gasteiger partial charge on any atom is 5.00 e. The number of rotatable bonds is 12. The molecule has 1 aromatic carbocycles. The van der Waals surface area contributed by atoms with Crippen molar-refractivity contribution in [2.24, 2.45) is 10.9 Å². The molecule has 2 heterocycles. The smallest absolute Gasteiger partial charge is 2.00 e. The molecule has 0 saturated carbocycles. The molecule has 1 unspecified atom stereocenters. The van der Waals surface area contributed by atoms with Gasteiger partial charge < -0.3 is 50.5 Å². The molecular weight excluding hydrogens is 575 g/mol. The summed E-state index contributed by atoms with van der Waals surface area (Å²) in [7, 11) is 1.44. The average Bonchev–Trinajstić information content (AvgIpc) is 3.08. The first-order valence-corrected chi connectivity index (χ1v) is 12.8. The molecule has 2 saturated heterocycles. The van der Waals surface area contributed by atoms with Gasteiger partial charge in [0.15, 0.2) is 0 Å². The van der Waals surface area contributed by atoms with Crippen LogP contribution in [0.4, 0.5) is 4.39 Å². The van der Waals surface area contributed by atoms with Crippen molar-refractivity contribution in [3.63, 3.8) is 0 Å². The number of ether oxygens (including phenoxy) is 1. The Kier molecular flexibility index (Phi) is 15.0. The van der Waals surface area contributed by atoms with Crippen LogP contribution >= 0.6 is 0 Å². The van der Waals surface area contributed by atoms with Crippen LogP contribution in [0.25, 0.3) is 0 Å².